The fraction of sp³-hybridized carbons (Fsp3) is 0.348. The molecule has 6 nitrogen and oxygen atoms in total. The molecule has 0 spiro atoms. The number of hydrogen-bond acceptors (Lipinski definition) is 6. The zero-order chi connectivity index (χ0) is 21.4. The average molecular weight is 423 g/mol. The Morgan fingerprint density at radius 1 is 1.26 bits per heavy atom. The van der Waals surface area contributed by atoms with Crippen LogP contribution in [-0.4, -0.2) is 34.1 Å². The van der Waals surface area contributed by atoms with Crippen molar-refractivity contribution in [2.24, 2.45) is 0 Å². The van der Waals surface area contributed by atoms with E-state index in [4.69, 9.17) is 4.42 Å². The third-order valence-electron chi connectivity index (χ3n) is 5.75. The lowest BCUT2D eigenvalue weighted by Gasteiger charge is -2.24. The Morgan fingerprint density at radius 2 is 2.16 bits per heavy atom. The highest BCUT2D eigenvalue weighted by Crippen LogP contribution is 2.39. The van der Waals surface area contributed by atoms with Crippen molar-refractivity contribution in [1.82, 2.24) is 20.3 Å². The first kappa shape index (κ1) is 19.8. The largest absolute Gasteiger partial charge is 0.445 e. The van der Waals surface area contributed by atoms with Crippen LogP contribution in [0.2, 0.25) is 0 Å². The number of benzene rings is 1. The van der Waals surface area contributed by atoms with Crippen LogP contribution in [0.25, 0.3) is 17.0 Å². The van der Waals surface area contributed by atoms with Gasteiger partial charge in [-0.05, 0) is 49.1 Å². The molecule has 0 bridgehead atoms. The summed E-state index contributed by atoms with van der Waals surface area (Å²) >= 11 is 0. The van der Waals surface area contributed by atoms with Crippen molar-refractivity contribution in [2.45, 2.75) is 38.2 Å². The van der Waals surface area contributed by atoms with Gasteiger partial charge < -0.3 is 15.1 Å². The number of nitrogens with zero attached hydrogens (tertiary/aromatic N) is 3. The van der Waals surface area contributed by atoms with Crippen LogP contribution in [0, 0.1) is 0 Å². The minimum atomic E-state index is -3.05. The lowest BCUT2D eigenvalue weighted by atomic mass is 9.97. The molecule has 1 aromatic carbocycles. The molecule has 2 N–H and O–H groups in total. The van der Waals surface area contributed by atoms with Gasteiger partial charge in [-0.2, -0.15) is 0 Å². The van der Waals surface area contributed by atoms with E-state index >= 15 is 0 Å². The van der Waals surface area contributed by atoms with Gasteiger partial charge in [0.05, 0.1) is 17.5 Å². The average Bonchev–Trinajstić information content (AvgIpc) is 3.43. The van der Waals surface area contributed by atoms with Gasteiger partial charge in [-0.25, -0.2) is 23.7 Å². The number of anilines is 1. The van der Waals surface area contributed by atoms with Gasteiger partial charge >= 0.3 is 0 Å². The van der Waals surface area contributed by atoms with Gasteiger partial charge in [-0.15, -0.1) is 0 Å². The van der Waals surface area contributed by atoms with Crippen molar-refractivity contribution in [1.29, 1.82) is 0 Å². The molecule has 160 valence electrons. The second kappa shape index (κ2) is 7.85. The van der Waals surface area contributed by atoms with Crippen LogP contribution in [0.5, 0.6) is 0 Å². The van der Waals surface area contributed by atoms with Crippen LogP contribution in [0.4, 0.5) is 14.7 Å². The predicted octanol–water partition coefficient (Wildman–Crippen LogP) is 4.40. The molecule has 1 aliphatic carbocycles. The number of piperidine rings is 1. The van der Waals surface area contributed by atoms with Gasteiger partial charge in [-0.3, -0.25) is 0 Å². The van der Waals surface area contributed by atoms with Gasteiger partial charge in [0.1, 0.15) is 6.26 Å². The van der Waals surface area contributed by atoms with Crippen molar-refractivity contribution in [2.75, 3.05) is 18.4 Å². The molecule has 0 saturated carbocycles. The van der Waals surface area contributed by atoms with E-state index in [-0.39, 0.29) is 17.3 Å². The lowest BCUT2D eigenvalue weighted by Crippen LogP contribution is -2.38. The van der Waals surface area contributed by atoms with Crippen molar-refractivity contribution >= 4 is 11.5 Å². The molecule has 1 fully saturated rings. The second-order valence-corrected chi connectivity index (χ2v) is 8.06. The Balaban J connectivity index is 1.51. The van der Waals surface area contributed by atoms with Crippen LogP contribution in [0.3, 0.4) is 0 Å². The molecule has 2 aromatic heterocycles. The Hall–Kier alpha value is -3.13. The summed E-state index contributed by atoms with van der Waals surface area (Å²) in [6.07, 6.45) is 9.01. The van der Waals surface area contributed by atoms with Gasteiger partial charge in [0.2, 0.25) is 11.8 Å². The van der Waals surface area contributed by atoms with E-state index in [2.05, 4.69) is 25.6 Å². The SMILES string of the molecule is CC(F)(F)c1cnc(N[C@H]2CCCNC2)nc1C1=CCc2cc(-c3ncco3)ccc21. The van der Waals surface area contributed by atoms with E-state index in [1.165, 1.54) is 12.5 Å². The number of halogens is 2. The van der Waals surface area contributed by atoms with Crippen LogP contribution < -0.4 is 10.6 Å². The van der Waals surface area contributed by atoms with Crippen molar-refractivity contribution < 1.29 is 13.2 Å². The molecule has 0 radical (unpaired) electrons. The molecule has 31 heavy (non-hydrogen) atoms. The summed E-state index contributed by atoms with van der Waals surface area (Å²) in [6, 6.07) is 5.98. The minimum Gasteiger partial charge on any atom is -0.445 e. The highest BCUT2D eigenvalue weighted by Gasteiger charge is 2.32. The number of oxazole rings is 1. The maximum absolute atomic E-state index is 14.4. The molecule has 1 atom stereocenters. The van der Waals surface area contributed by atoms with Gasteiger partial charge in [-0.1, -0.05) is 12.1 Å². The topological polar surface area (TPSA) is 75.9 Å². The van der Waals surface area contributed by atoms with E-state index in [0.29, 0.717) is 23.8 Å². The molecular formula is C23H23F2N5O. The van der Waals surface area contributed by atoms with E-state index in [9.17, 15) is 8.78 Å². The minimum absolute atomic E-state index is 0.171. The fourth-order valence-corrected chi connectivity index (χ4v) is 4.21. The molecular weight excluding hydrogens is 400 g/mol. The molecule has 1 aliphatic heterocycles. The Morgan fingerprint density at radius 3 is 2.90 bits per heavy atom. The standard InChI is InChI=1S/C23H23F2N5O/c1-23(24,25)19-13-28-22(29-16-3-2-8-26-12-16)30-20(19)18-7-4-14-11-15(5-6-17(14)18)21-27-9-10-31-21/h5-7,9-11,13,16,26H,2-4,8,12H2,1H3,(H,28,29,30)/t16-/m0/s1. The fourth-order valence-electron chi connectivity index (χ4n) is 4.21. The predicted molar refractivity (Wildman–Crippen MR) is 114 cm³/mol. The summed E-state index contributed by atoms with van der Waals surface area (Å²) in [5, 5.41) is 6.63. The number of fused-ring (bicyclic) bond motifs is 1. The van der Waals surface area contributed by atoms with Crippen molar-refractivity contribution in [3.63, 3.8) is 0 Å². The number of aromatic nitrogens is 3. The molecule has 8 heteroatoms. The summed E-state index contributed by atoms with van der Waals surface area (Å²) in [4.78, 5) is 12.9. The number of allylic oxidation sites excluding steroid dienone is 1. The Kier molecular flexibility index (Phi) is 5.02. The lowest BCUT2D eigenvalue weighted by molar-refractivity contribution is 0.0165. The highest BCUT2D eigenvalue weighted by molar-refractivity contribution is 5.85. The van der Waals surface area contributed by atoms with Gasteiger partial charge in [0.25, 0.3) is 5.92 Å². The first-order valence-electron chi connectivity index (χ1n) is 10.5. The Labute approximate surface area is 178 Å². The van der Waals surface area contributed by atoms with E-state index in [1.807, 2.05) is 24.3 Å². The van der Waals surface area contributed by atoms with E-state index in [1.54, 1.807) is 6.20 Å². The monoisotopic (exact) mass is 423 g/mol. The summed E-state index contributed by atoms with van der Waals surface area (Å²) in [7, 11) is 0. The van der Waals surface area contributed by atoms with Crippen molar-refractivity contribution in [3.8, 4) is 11.5 Å². The molecule has 0 amide bonds. The number of hydrogen-bond donors (Lipinski definition) is 2. The van der Waals surface area contributed by atoms with E-state index in [0.717, 1.165) is 49.5 Å². The van der Waals surface area contributed by atoms with Crippen LogP contribution in [0.1, 0.15) is 42.1 Å². The number of alkyl halides is 2. The molecule has 5 rings (SSSR count). The van der Waals surface area contributed by atoms with E-state index < -0.39 is 5.92 Å². The second-order valence-electron chi connectivity index (χ2n) is 8.06. The maximum Gasteiger partial charge on any atom is 0.274 e. The van der Waals surface area contributed by atoms with Gasteiger partial charge in [0.15, 0.2) is 0 Å². The summed E-state index contributed by atoms with van der Waals surface area (Å²) in [6.45, 7) is 2.68. The summed E-state index contributed by atoms with van der Waals surface area (Å²) < 4.78 is 34.2. The number of rotatable bonds is 5. The van der Waals surface area contributed by atoms with Crippen LogP contribution in [0.15, 0.2) is 47.3 Å². The summed E-state index contributed by atoms with van der Waals surface area (Å²) in [5.74, 6) is -2.14. The summed E-state index contributed by atoms with van der Waals surface area (Å²) in [5.41, 5.74) is 3.59. The van der Waals surface area contributed by atoms with Crippen LogP contribution >= 0.6 is 0 Å². The quantitative estimate of drug-likeness (QED) is 0.634. The van der Waals surface area contributed by atoms with Gasteiger partial charge in [0, 0.05) is 36.8 Å². The highest BCUT2D eigenvalue weighted by atomic mass is 19.3. The molecule has 2 aliphatic rings. The maximum atomic E-state index is 14.4. The normalized spacial score (nSPS) is 18.5. The third-order valence-corrected chi connectivity index (χ3v) is 5.75. The van der Waals surface area contributed by atoms with Crippen molar-refractivity contribution in [3.05, 3.63) is 65.3 Å². The molecule has 1 saturated heterocycles. The first-order chi connectivity index (χ1) is 15.0. The molecule has 0 unspecified atom stereocenters. The molecule has 3 aromatic rings. The van der Waals surface area contributed by atoms with Crippen LogP contribution in [-0.2, 0) is 12.3 Å². The zero-order valence-corrected chi connectivity index (χ0v) is 17.2. The third kappa shape index (κ3) is 3.95. The zero-order valence-electron chi connectivity index (χ0n) is 17.2. The smallest absolute Gasteiger partial charge is 0.274 e. The Bertz CT molecular complexity index is 1120. The first-order valence-corrected chi connectivity index (χ1v) is 10.5. The number of nitrogens with one attached hydrogen (secondary N) is 2. The molecule has 3 heterocycles.